The van der Waals surface area contributed by atoms with Crippen LogP contribution in [-0.2, 0) is 29.1 Å². The monoisotopic (exact) mass is 710 g/mol. The van der Waals surface area contributed by atoms with E-state index in [9.17, 15) is 27.6 Å². The molecule has 1 saturated heterocycles. The number of alkyl carbamates (subject to hydrolysis) is 1. The standard InChI is InChI=1S/C35H46N6O8S/c1-34(2,3)49-33(45)37-27-21-40(4)17-9-5-6-11-23-19-35(23,32(44)39-50(46,47)25-13-14-25)38-29(42)28-18-24(20-41(28)31(27)43)48-30-26-12-8-7-10-22(26)15-16-36-30/h6-8,10-12,15-16,23-25,27-28H,5,9,13-14,17-21H2,1-4H3,(H,37,45)(H,38,42)(H,39,44)/b11-6-/t23-,24-,27+,28+,35-/m1/s1. The van der Waals surface area contributed by atoms with E-state index >= 15 is 0 Å². The maximum atomic E-state index is 14.4. The van der Waals surface area contributed by atoms with Crippen LogP contribution in [0.15, 0.2) is 48.7 Å². The predicted octanol–water partition coefficient (Wildman–Crippen LogP) is 2.24. The molecule has 5 atom stereocenters. The van der Waals surface area contributed by atoms with Crippen molar-refractivity contribution in [1.82, 2.24) is 30.1 Å². The van der Waals surface area contributed by atoms with Gasteiger partial charge in [0.25, 0.3) is 5.91 Å². The summed E-state index contributed by atoms with van der Waals surface area (Å²) >= 11 is 0. The summed E-state index contributed by atoms with van der Waals surface area (Å²) in [5.74, 6) is -2.01. The number of hydrogen-bond acceptors (Lipinski definition) is 10. The van der Waals surface area contributed by atoms with Crippen LogP contribution >= 0.6 is 0 Å². The van der Waals surface area contributed by atoms with Crippen molar-refractivity contribution in [2.24, 2.45) is 5.92 Å². The number of benzene rings is 1. The van der Waals surface area contributed by atoms with Crippen molar-refractivity contribution in [3.05, 3.63) is 48.7 Å². The van der Waals surface area contributed by atoms with E-state index in [1.165, 1.54) is 4.90 Å². The molecule has 0 spiro atoms. The summed E-state index contributed by atoms with van der Waals surface area (Å²) in [5, 5.41) is 6.64. The number of amides is 4. The molecule has 0 radical (unpaired) electrons. The van der Waals surface area contributed by atoms with Crippen molar-refractivity contribution in [3.8, 4) is 5.88 Å². The lowest BCUT2D eigenvalue weighted by Gasteiger charge is -2.32. The normalized spacial score (nSPS) is 28.7. The Morgan fingerprint density at radius 2 is 1.86 bits per heavy atom. The molecule has 50 heavy (non-hydrogen) atoms. The molecule has 2 aliphatic carbocycles. The largest absolute Gasteiger partial charge is 0.472 e. The Morgan fingerprint density at radius 1 is 1.10 bits per heavy atom. The van der Waals surface area contributed by atoms with Crippen molar-refractivity contribution in [2.75, 3.05) is 26.7 Å². The van der Waals surface area contributed by atoms with E-state index in [-0.39, 0.29) is 25.9 Å². The van der Waals surface area contributed by atoms with Gasteiger partial charge in [0.15, 0.2) is 0 Å². The van der Waals surface area contributed by atoms with Crippen LogP contribution in [0.3, 0.4) is 0 Å². The van der Waals surface area contributed by atoms with Gasteiger partial charge < -0.3 is 29.9 Å². The van der Waals surface area contributed by atoms with Gasteiger partial charge in [-0.05, 0) is 84.0 Å². The van der Waals surface area contributed by atoms with E-state index in [1.54, 1.807) is 27.0 Å². The fourth-order valence-electron chi connectivity index (χ4n) is 6.66. The highest BCUT2D eigenvalue weighted by molar-refractivity contribution is 7.91. The van der Waals surface area contributed by atoms with Gasteiger partial charge in [0, 0.05) is 30.5 Å². The van der Waals surface area contributed by atoms with Crippen LogP contribution in [-0.4, -0.2) is 108 Å². The number of pyridine rings is 1. The number of carbonyl (C=O) groups is 4. The van der Waals surface area contributed by atoms with Gasteiger partial charge in [0.2, 0.25) is 27.7 Å². The first kappa shape index (κ1) is 35.6. The zero-order valence-electron chi connectivity index (χ0n) is 28.9. The van der Waals surface area contributed by atoms with E-state index in [2.05, 4.69) is 20.3 Å². The van der Waals surface area contributed by atoms with E-state index in [0.717, 1.165) is 17.2 Å². The molecule has 2 aromatic rings. The number of carbonyl (C=O) groups excluding carboxylic acids is 4. The van der Waals surface area contributed by atoms with Gasteiger partial charge in [0.05, 0.1) is 11.8 Å². The topological polar surface area (TPSA) is 176 Å². The smallest absolute Gasteiger partial charge is 0.408 e. The van der Waals surface area contributed by atoms with Crippen molar-refractivity contribution < 1.29 is 37.1 Å². The zero-order valence-corrected chi connectivity index (χ0v) is 29.7. The molecule has 2 aliphatic heterocycles. The van der Waals surface area contributed by atoms with Crippen LogP contribution in [0.1, 0.15) is 59.3 Å². The highest BCUT2D eigenvalue weighted by Gasteiger charge is 2.62. The predicted molar refractivity (Wildman–Crippen MR) is 184 cm³/mol. The molecule has 2 saturated carbocycles. The molecule has 4 amide bonds. The molecule has 1 aromatic heterocycles. The van der Waals surface area contributed by atoms with Crippen LogP contribution < -0.4 is 20.1 Å². The molecule has 14 nitrogen and oxygen atoms in total. The lowest BCUT2D eigenvalue weighted by molar-refractivity contribution is -0.141. The number of likely N-dealkylation sites (N-methyl/N-ethyl adjacent to an activating group) is 1. The second-order valence-electron chi connectivity index (χ2n) is 14.8. The minimum atomic E-state index is -3.88. The average Bonchev–Trinajstić information content (AvgIpc) is 3.96. The molecule has 3 heterocycles. The van der Waals surface area contributed by atoms with Crippen LogP contribution in [0.4, 0.5) is 4.79 Å². The Labute approximate surface area is 292 Å². The average molecular weight is 711 g/mol. The van der Waals surface area contributed by atoms with E-state index < -0.39 is 74.3 Å². The second kappa shape index (κ2) is 13.8. The Morgan fingerprint density at radius 3 is 2.60 bits per heavy atom. The summed E-state index contributed by atoms with van der Waals surface area (Å²) in [6, 6.07) is 7.25. The lowest BCUT2D eigenvalue weighted by Crippen LogP contribution is -2.59. The summed E-state index contributed by atoms with van der Waals surface area (Å²) in [6.07, 6.45) is 6.57. The van der Waals surface area contributed by atoms with Gasteiger partial charge in [-0.1, -0.05) is 30.4 Å². The third-order valence-electron chi connectivity index (χ3n) is 9.49. The highest BCUT2D eigenvalue weighted by Crippen LogP contribution is 2.46. The van der Waals surface area contributed by atoms with Crippen LogP contribution in [0.5, 0.6) is 5.88 Å². The molecule has 4 aliphatic rings. The molecule has 3 fully saturated rings. The molecule has 3 N–H and O–H groups in total. The van der Waals surface area contributed by atoms with Gasteiger partial charge in [-0.15, -0.1) is 0 Å². The summed E-state index contributed by atoms with van der Waals surface area (Å²) in [6.45, 7) is 5.91. The van der Waals surface area contributed by atoms with E-state index in [1.807, 2.05) is 54.4 Å². The molecular weight excluding hydrogens is 664 g/mol. The van der Waals surface area contributed by atoms with Gasteiger partial charge >= 0.3 is 6.09 Å². The van der Waals surface area contributed by atoms with Crippen molar-refractivity contribution in [2.45, 2.75) is 93.9 Å². The molecule has 0 unspecified atom stereocenters. The van der Waals surface area contributed by atoms with Crippen molar-refractivity contribution in [3.63, 3.8) is 0 Å². The number of rotatable bonds is 6. The molecule has 270 valence electrons. The van der Waals surface area contributed by atoms with Gasteiger partial charge in [0.1, 0.15) is 29.3 Å². The van der Waals surface area contributed by atoms with Gasteiger partial charge in [-0.2, -0.15) is 0 Å². The summed E-state index contributed by atoms with van der Waals surface area (Å²) in [7, 11) is -2.03. The minimum Gasteiger partial charge on any atom is -0.472 e. The Bertz CT molecular complexity index is 1790. The Hall–Kier alpha value is -4.24. The number of ether oxygens (including phenoxy) is 2. The number of nitrogens with zero attached hydrogens (tertiary/aromatic N) is 3. The van der Waals surface area contributed by atoms with Gasteiger partial charge in [-0.25, -0.2) is 18.2 Å². The van der Waals surface area contributed by atoms with Crippen LogP contribution in [0.2, 0.25) is 0 Å². The Balaban J connectivity index is 1.32. The highest BCUT2D eigenvalue weighted by atomic mass is 32.2. The first-order chi connectivity index (χ1) is 23.6. The van der Waals surface area contributed by atoms with E-state index in [0.29, 0.717) is 31.7 Å². The van der Waals surface area contributed by atoms with Crippen LogP contribution in [0, 0.1) is 5.92 Å². The Kier molecular flexibility index (Phi) is 9.83. The first-order valence-electron chi connectivity index (χ1n) is 17.2. The number of allylic oxidation sites excluding steroid dienone is 1. The van der Waals surface area contributed by atoms with Gasteiger partial charge in [-0.3, -0.25) is 19.1 Å². The maximum Gasteiger partial charge on any atom is 0.408 e. The third-order valence-corrected chi connectivity index (χ3v) is 11.3. The molecular formula is C35H46N6O8S. The number of sulfonamides is 1. The fraction of sp³-hybridized carbons (Fsp3) is 0.571. The number of nitrogens with one attached hydrogen (secondary N) is 3. The zero-order chi connectivity index (χ0) is 35.8. The number of hydrogen-bond donors (Lipinski definition) is 3. The molecule has 1 aromatic carbocycles. The van der Waals surface area contributed by atoms with Crippen molar-refractivity contribution >= 4 is 44.6 Å². The molecule has 6 rings (SSSR count). The number of aromatic nitrogens is 1. The fourth-order valence-corrected chi connectivity index (χ4v) is 8.03. The summed E-state index contributed by atoms with van der Waals surface area (Å²) < 4.78 is 39.6. The maximum absolute atomic E-state index is 14.4. The van der Waals surface area contributed by atoms with E-state index in [4.69, 9.17) is 9.47 Å². The van der Waals surface area contributed by atoms with Crippen molar-refractivity contribution in [1.29, 1.82) is 0 Å². The molecule has 15 heteroatoms. The summed E-state index contributed by atoms with van der Waals surface area (Å²) in [4.78, 5) is 63.1. The third kappa shape index (κ3) is 8.04. The first-order valence-corrected chi connectivity index (χ1v) is 18.7. The molecule has 0 bridgehead atoms. The summed E-state index contributed by atoms with van der Waals surface area (Å²) in [5.41, 5.74) is -2.31. The van der Waals surface area contributed by atoms with Crippen LogP contribution in [0.25, 0.3) is 10.8 Å². The SMILES string of the molecule is CN1CCC/C=C\[C@@H]2C[C@@]2(C(=O)NS(=O)(=O)C2CC2)NC(=O)[C@@H]2C[C@@H](Oc3nccc4ccccc34)CN2C(=O)[C@@H](NC(=O)OC(C)(C)C)C1. The number of fused-ring (bicyclic) bond motifs is 3. The minimum absolute atomic E-state index is 0.00335. The quantitative estimate of drug-likeness (QED) is 0.377. The second-order valence-corrected chi connectivity index (χ2v) is 16.8. The lowest BCUT2D eigenvalue weighted by atomic mass is 10.1.